The quantitative estimate of drug-likeness (QED) is 0.201. The summed E-state index contributed by atoms with van der Waals surface area (Å²) in [5.41, 5.74) is 7.67. The van der Waals surface area contributed by atoms with E-state index in [9.17, 15) is 4.39 Å². The van der Waals surface area contributed by atoms with Gasteiger partial charge in [0, 0.05) is 47.1 Å². The fourth-order valence-electron chi connectivity index (χ4n) is 3.61. The average molecular weight is 535 g/mol. The third kappa shape index (κ3) is 5.07. The molecule has 4 rings (SSSR count). The Bertz CT molecular complexity index is 1240. The monoisotopic (exact) mass is 535 g/mol. The van der Waals surface area contributed by atoms with Crippen molar-refractivity contribution in [2.24, 2.45) is 7.05 Å². The fourth-order valence-corrected chi connectivity index (χ4v) is 3.97. The van der Waals surface area contributed by atoms with Crippen molar-refractivity contribution >= 4 is 40.4 Å². The minimum absolute atomic E-state index is 0.230. The van der Waals surface area contributed by atoms with Crippen molar-refractivity contribution in [1.29, 1.82) is 0 Å². The molecule has 1 aromatic heterocycles. The Hall–Kier alpha value is -2.99. The van der Waals surface area contributed by atoms with Gasteiger partial charge in [0.2, 0.25) is 11.4 Å². The van der Waals surface area contributed by atoms with Gasteiger partial charge in [0.25, 0.3) is 0 Å². The summed E-state index contributed by atoms with van der Waals surface area (Å²) in [6.45, 7) is 0. The Labute approximate surface area is 202 Å². The number of anilines is 1. The van der Waals surface area contributed by atoms with Crippen LogP contribution in [0.3, 0.4) is 0 Å². The smallest absolute Gasteiger partial charge is 0.213 e. The molecule has 0 amide bonds. The molecule has 0 fully saturated rings. The number of hydrogen-bond acceptors (Lipinski definition) is 1. The van der Waals surface area contributed by atoms with Crippen molar-refractivity contribution in [2.75, 3.05) is 19.0 Å². The second kappa shape index (κ2) is 9.65. The third-order valence-corrected chi connectivity index (χ3v) is 6.24. The maximum absolute atomic E-state index is 13.5. The van der Waals surface area contributed by atoms with Crippen molar-refractivity contribution in [3.05, 3.63) is 106 Å². The molecule has 1 heterocycles. The van der Waals surface area contributed by atoms with E-state index in [2.05, 4.69) is 105 Å². The highest BCUT2D eigenvalue weighted by Crippen LogP contribution is 2.26. The second-order valence-corrected chi connectivity index (χ2v) is 9.19. The molecule has 0 aliphatic rings. The van der Waals surface area contributed by atoms with Crippen LogP contribution in [0.15, 0.2) is 84.9 Å². The van der Waals surface area contributed by atoms with Crippen LogP contribution in [0.25, 0.3) is 34.5 Å². The molecule has 160 valence electrons. The van der Waals surface area contributed by atoms with Gasteiger partial charge in [-0.05, 0) is 93.9 Å². The lowest BCUT2D eigenvalue weighted by Crippen LogP contribution is -2.34. The van der Waals surface area contributed by atoms with Crippen LogP contribution in [0.2, 0.25) is 0 Å². The molecule has 0 saturated heterocycles. The van der Waals surface area contributed by atoms with E-state index in [-0.39, 0.29) is 5.82 Å². The zero-order chi connectivity index (χ0) is 22.7. The van der Waals surface area contributed by atoms with E-state index in [1.807, 2.05) is 33.3 Å². The molecule has 0 aliphatic carbocycles. The second-order valence-electron chi connectivity index (χ2n) is 7.95. The van der Waals surface area contributed by atoms with Crippen LogP contribution >= 0.6 is 22.6 Å². The van der Waals surface area contributed by atoms with Gasteiger partial charge in [0.15, 0.2) is 0 Å². The minimum atomic E-state index is -0.230. The van der Waals surface area contributed by atoms with E-state index < -0.39 is 0 Å². The highest BCUT2D eigenvalue weighted by Gasteiger charge is 2.17. The fraction of sp³-hybridized carbons (Fsp3) is 0.107. The van der Waals surface area contributed by atoms with Gasteiger partial charge in [-0.3, -0.25) is 0 Å². The van der Waals surface area contributed by atoms with Crippen LogP contribution < -0.4 is 9.47 Å². The van der Waals surface area contributed by atoms with E-state index in [1.54, 1.807) is 0 Å². The minimum Gasteiger partial charge on any atom is -0.378 e. The molecule has 0 N–H and O–H groups in total. The summed E-state index contributed by atoms with van der Waals surface area (Å²) in [7, 11) is 6.13. The van der Waals surface area contributed by atoms with Crippen molar-refractivity contribution in [3.63, 3.8) is 0 Å². The first-order chi connectivity index (χ1) is 15.4. The molecule has 0 atom stereocenters. The number of halogens is 2. The van der Waals surface area contributed by atoms with Gasteiger partial charge < -0.3 is 4.90 Å². The predicted octanol–water partition coefficient (Wildman–Crippen LogP) is 6.83. The molecule has 4 heteroatoms. The van der Waals surface area contributed by atoms with Gasteiger partial charge in [-0.15, -0.1) is 0 Å². The highest BCUT2D eigenvalue weighted by molar-refractivity contribution is 14.1. The zero-order valence-corrected chi connectivity index (χ0v) is 20.5. The molecule has 0 bridgehead atoms. The van der Waals surface area contributed by atoms with E-state index in [0.29, 0.717) is 0 Å². The molecular formula is C28H25FIN2+. The van der Waals surface area contributed by atoms with Crippen LogP contribution in [0.1, 0.15) is 11.3 Å². The van der Waals surface area contributed by atoms with E-state index in [4.69, 9.17) is 0 Å². The molecule has 32 heavy (non-hydrogen) atoms. The van der Waals surface area contributed by atoms with Crippen LogP contribution in [-0.2, 0) is 7.05 Å². The van der Waals surface area contributed by atoms with Crippen molar-refractivity contribution in [3.8, 4) is 22.4 Å². The first-order valence-electron chi connectivity index (χ1n) is 10.4. The molecular weight excluding hydrogens is 510 g/mol. The topological polar surface area (TPSA) is 7.12 Å². The summed E-state index contributed by atoms with van der Waals surface area (Å²) >= 11 is 2.32. The molecule has 0 saturated carbocycles. The van der Waals surface area contributed by atoms with Gasteiger partial charge >= 0.3 is 0 Å². The average Bonchev–Trinajstić information content (AvgIpc) is 2.80. The maximum Gasteiger partial charge on any atom is 0.213 e. The van der Waals surface area contributed by atoms with Gasteiger partial charge in [0.1, 0.15) is 12.9 Å². The van der Waals surface area contributed by atoms with E-state index in [1.165, 1.54) is 21.4 Å². The maximum atomic E-state index is 13.5. The molecule has 0 aliphatic heterocycles. The first-order valence-corrected chi connectivity index (χ1v) is 11.5. The van der Waals surface area contributed by atoms with Crippen molar-refractivity contribution < 1.29 is 8.96 Å². The molecule has 0 spiro atoms. The van der Waals surface area contributed by atoms with E-state index >= 15 is 0 Å². The lowest BCUT2D eigenvalue weighted by atomic mass is 10.0. The van der Waals surface area contributed by atoms with Crippen molar-refractivity contribution in [2.45, 2.75) is 0 Å². The normalized spacial score (nSPS) is 11.2. The third-order valence-electron chi connectivity index (χ3n) is 5.52. The molecule has 3 aromatic carbocycles. The van der Waals surface area contributed by atoms with Crippen molar-refractivity contribution in [1.82, 2.24) is 0 Å². The summed E-state index contributed by atoms with van der Waals surface area (Å²) < 4.78 is 16.9. The lowest BCUT2D eigenvalue weighted by molar-refractivity contribution is -0.662. The Morgan fingerprint density at radius 2 is 1.38 bits per heavy atom. The van der Waals surface area contributed by atoms with E-state index in [0.717, 1.165) is 33.6 Å². The number of nitrogens with zero attached hydrogens (tertiary/aromatic N) is 2. The lowest BCUT2D eigenvalue weighted by Gasteiger charge is -2.11. The number of benzene rings is 3. The van der Waals surface area contributed by atoms with Gasteiger partial charge in [-0.2, -0.15) is 4.57 Å². The van der Waals surface area contributed by atoms with Gasteiger partial charge in [0.05, 0.1) is 0 Å². The van der Waals surface area contributed by atoms with Gasteiger partial charge in [-0.1, -0.05) is 24.3 Å². The Kier molecular flexibility index (Phi) is 6.70. The molecule has 0 unspecified atom stereocenters. The SMILES string of the molecule is CN(C)c1ccc(C=Cc2cc(-c3ccc(I)cc3)cc(-c3ccc(F)cc3)[n+]2C)cc1. The summed E-state index contributed by atoms with van der Waals surface area (Å²) in [6, 6.07) is 28.0. The van der Waals surface area contributed by atoms with Crippen LogP contribution in [-0.4, -0.2) is 14.1 Å². The Morgan fingerprint density at radius 3 is 2.00 bits per heavy atom. The number of aromatic nitrogens is 1. The van der Waals surface area contributed by atoms with Crippen LogP contribution in [0.4, 0.5) is 10.1 Å². The molecule has 2 nitrogen and oxygen atoms in total. The van der Waals surface area contributed by atoms with Gasteiger partial charge in [-0.25, -0.2) is 4.39 Å². The number of rotatable bonds is 5. The first kappa shape index (κ1) is 22.2. The number of hydrogen-bond donors (Lipinski definition) is 0. The Morgan fingerprint density at radius 1 is 0.750 bits per heavy atom. The zero-order valence-electron chi connectivity index (χ0n) is 18.4. The largest absolute Gasteiger partial charge is 0.378 e. The Balaban J connectivity index is 1.79. The molecule has 4 aromatic rings. The predicted molar refractivity (Wildman–Crippen MR) is 141 cm³/mol. The van der Waals surface area contributed by atoms with Crippen LogP contribution in [0, 0.1) is 9.39 Å². The summed E-state index contributed by atoms with van der Waals surface area (Å²) in [5, 5.41) is 0. The van der Waals surface area contributed by atoms with Crippen LogP contribution in [0.5, 0.6) is 0 Å². The summed E-state index contributed by atoms with van der Waals surface area (Å²) in [6.07, 6.45) is 4.26. The standard InChI is InChI=1S/C28H25FIN2/c1-31(2)26-15-4-20(5-16-26)6-17-27-18-23(21-9-13-25(30)14-10-21)19-28(32(27)3)22-7-11-24(29)12-8-22/h4-19H,1-3H3/q+1. The summed E-state index contributed by atoms with van der Waals surface area (Å²) in [4.78, 5) is 2.09. The highest BCUT2D eigenvalue weighted by atomic mass is 127. The number of pyridine rings is 1. The summed E-state index contributed by atoms with van der Waals surface area (Å²) in [5.74, 6) is -0.230. The molecule has 0 radical (unpaired) electrons.